The number of hydrogen-bond donors (Lipinski definition) is 2. The normalized spacial score (nSPS) is 9.95. The van der Waals surface area contributed by atoms with Gasteiger partial charge in [-0.05, 0) is 31.6 Å². The second kappa shape index (κ2) is 9.10. The molecule has 1 aromatic heterocycles. The third kappa shape index (κ3) is 5.17. The van der Waals surface area contributed by atoms with Crippen molar-refractivity contribution in [3.8, 4) is 0 Å². The standard InChI is InChI=1S/C14H19N5O.ClH/c1-15-7-4-8-17-14(20)13-6-3-2-5-12(13)9-19-11-16-10-18-19;/h2-3,5-6,10-11,15H,4,7-9H2,1H3,(H,17,20);1H. The summed E-state index contributed by atoms with van der Waals surface area (Å²) in [5.41, 5.74) is 1.62. The zero-order chi connectivity index (χ0) is 14.2. The minimum absolute atomic E-state index is 0. The van der Waals surface area contributed by atoms with Crippen molar-refractivity contribution in [1.82, 2.24) is 25.4 Å². The van der Waals surface area contributed by atoms with Gasteiger partial charge in [-0.15, -0.1) is 12.4 Å². The van der Waals surface area contributed by atoms with Crippen molar-refractivity contribution in [2.45, 2.75) is 13.0 Å². The summed E-state index contributed by atoms with van der Waals surface area (Å²) in [7, 11) is 1.90. The molecule has 2 aromatic rings. The molecule has 6 nitrogen and oxygen atoms in total. The van der Waals surface area contributed by atoms with E-state index in [1.54, 1.807) is 11.0 Å². The molecule has 0 aliphatic rings. The largest absolute Gasteiger partial charge is 0.352 e. The molecule has 0 atom stereocenters. The lowest BCUT2D eigenvalue weighted by Gasteiger charge is -2.10. The average molecular weight is 310 g/mol. The van der Waals surface area contributed by atoms with Gasteiger partial charge in [0.15, 0.2) is 0 Å². The number of carbonyl (C=O) groups excluding carboxylic acids is 1. The van der Waals surface area contributed by atoms with Gasteiger partial charge >= 0.3 is 0 Å². The van der Waals surface area contributed by atoms with Gasteiger partial charge < -0.3 is 10.6 Å². The molecule has 1 heterocycles. The predicted molar refractivity (Wildman–Crippen MR) is 83.7 cm³/mol. The van der Waals surface area contributed by atoms with Gasteiger partial charge in [-0.1, -0.05) is 18.2 Å². The van der Waals surface area contributed by atoms with E-state index in [0.717, 1.165) is 18.5 Å². The molecule has 0 radical (unpaired) electrons. The Kier molecular flexibility index (Phi) is 7.42. The van der Waals surface area contributed by atoms with Crippen molar-refractivity contribution < 1.29 is 4.79 Å². The van der Waals surface area contributed by atoms with Gasteiger partial charge in [0.1, 0.15) is 12.7 Å². The van der Waals surface area contributed by atoms with Gasteiger partial charge in [-0.3, -0.25) is 4.79 Å². The molecule has 2 rings (SSSR count). The molecule has 114 valence electrons. The molecule has 7 heteroatoms. The van der Waals surface area contributed by atoms with Crippen LogP contribution >= 0.6 is 12.4 Å². The molecular weight excluding hydrogens is 290 g/mol. The maximum absolute atomic E-state index is 12.2. The van der Waals surface area contributed by atoms with Gasteiger partial charge in [0.2, 0.25) is 0 Å². The van der Waals surface area contributed by atoms with Gasteiger partial charge in [-0.25, -0.2) is 9.67 Å². The van der Waals surface area contributed by atoms with E-state index in [-0.39, 0.29) is 18.3 Å². The highest BCUT2D eigenvalue weighted by Crippen LogP contribution is 2.10. The lowest BCUT2D eigenvalue weighted by molar-refractivity contribution is 0.0952. The van der Waals surface area contributed by atoms with Crippen LogP contribution in [-0.4, -0.2) is 40.8 Å². The maximum Gasteiger partial charge on any atom is 0.251 e. The van der Waals surface area contributed by atoms with Gasteiger partial charge in [-0.2, -0.15) is 5.10 Å². The van der Waals surface area contributed by atoms with E-state index in [4.69, 9.17) is 0 Å². The Morgan fingerprint density at radius 1 is 1.29 bits per heavy atom. The predicted octanol–water partition coefficient (Wildman–Crippen LogP) is 1.09. The first-order valence-electron chi connectivity index (χ1n) is 6.64. The Bertz CT molecular complexity index is 544. The van der Waals surface area contributed by atoms with E-state index >= 15 is 0 Å². The van der Waals surface area contributed by atoms with E-state index in [0.29, 0.717) is 18.7 Å². The highest BCUT2D eigenvalue weighted by Gasteiger charge is 2.10. The van der Waals surface area contributed by atoms with Crippen LogP contribution in [0.25, 0.3) is 0 Å². The summed E-state index contributed by atoms with van der Waals surface area (Å²) >= 11 is 0. The summed E-state index contributed by atoms with van der Waals surface area (Å²) in [5, 5.41) is 10.0. The zero-order valence-electron chi connectivity index (χ0n) is 12.0. The second-order valence-corrected chi connectivity index (χ2v) is 4.46. The molecule has 0 fully saturated rings. The van der Waals surface area contributed by atoms with E-state index in [1.807, 2.05) is 31.3 Å². The van der Waals surface area contributed by atoms with Gasteiger partial charge in [0.05, 0.1) is 6.54 Å². The molecule has 0 spiro atoms. The number of rotatable bonds is 7. The van der Waals surface area contributed by atoms with Crippen molar-refractivity contribution in [3.63, 3.8) is 0 Å². The average Bonchev–Trinajstić information content (AvgIpc) is 2.97. The van der Waals surface area contributed by atoms with Crippen molar-refractivity contribution in [3.05, 3.63) is 48.0 Å². The monoisotopic (exact) mass is 309 g/mol. The summed E-state index contributed by atoms with van der Waals surface area (Å²) in [6, 6.07) is 7.56. The number of aromatic nitrogens is 3. The highest BCUT2D eigenvalue weighted by atomic mass is 35.5. The van der Waals surface area contributed by atoms with E-state index in [9.17, 15) is 4.79 Å². The molecule has 2 N–H and O–H groups in total. The van der Waals surface area contributed by atoms with Crippen molar-refractivity contribution >= 4 is 18.3 Å². The quantitative estimate of drug-likeness (QED) is 0.751. The zero-order valence-corrected chi connectivity index (χ0v) is 12.8. The lowest BCUT2D eigenvalue weighted by atomic mass is 10.1. The van der Waals surface area contributed by atoms with Crippen LogP contribution in [0.1, 0.15) is 22.3 Å². The number of carbonyl (C=O) groups is 1. The van der Waals surface area contributed by atoms with Crippen LogP contribution in [-0.2, 0) is 6.54 Å². The summed E-state index contributed by atoms with van der Waals surface area (Å²) in [4.78, 5) is 16.1. The van der Waals surface area contributed by atoms with Crippen LogP contribution in [0.15, 0.2) is 36.9 Å². The molecule has 0 unspecified atom stereocenters. The van der Waals surface area contributed by atoms with Crippen molar-refractivity contribution in [2.24, 2.45) is 0 Å². The molecule has 0 aliphatic heterocycles. The first kappa shape index (κ1) is 17.1. The molecule has 0 saturated heterocycles. The molecule has 1 amide bonds. The molecule has 0 aliphatic carbocycles. The third-order valence-corrected chi connectivity index (χ3v) is 2.95. The fourth-order valence-electron chi connectivity index (χ4n) is 1.93. The lowest BCUT2D eigenvalue weighted by Crippen LogP contribution is -2.27. The minimum atomic E-state index is -0.0446. The Morgan fingerprint density at radius 3 is 2.81 bits per heavy atom. The molecule has 21 heavy (non-hydrogen) atoms. The minimum Gasteiger partial charge on any atom is -0.352 e. The maximum atomic E-state index is 12.2. The molecular formula is C14H20ClN5O. The summed E-state index contributed by atoms with van der Waals surface area (Å²) in [5.74, 6) is -0.0446. The van der Waals surface area contributed by atoms with Crippen LogP contribution in [0.3, 0.4) is 0 Å². The molecule has 0 saturated carbocycles. The Labute approximate surface area is 130 Å². The fourth-order valence-corrected chi connectivity index (χ4v) is 1.93. The number of halogens is 1. The second-order valence-electron chi connectivity index (χ2n) is 4.46. The number of benzene rings is 1. The summed E-state index contributed by atoms with van der Waals surface area (Å²) < 4.78 is 1.70. The van der Waals surface area contributed by atoms with Crippen LogP contribution < -0.4 is 10.6 Å². The van der Waals surface area contributed by atoms with Crippen LogP contribution in [0.2, 0.25) is 0 Å². The van der Waals surface area contributed by atoms with Crippen molar-refractivity contribution in [1.29, 1.82) is 0 Å². The number of nitrogens with zero attached hydrogens (tertiary/aromatic N) is 3. The third-order valence-electron chi connectivity index (χ3n) is 2.95. The first-order valence-corrected chi connectivity index (χ1v) is 6.64. The van der Waals surface area contributed by atoms with Crippen LogP contribution in [0, 0.1) is 0 Å². The Hall–Kier alpha value is -1.92. The Morgan fingerprint density at radius 2 is 2.10 bits per heavy atom. The fraction of sp³-hybridized carbons (Fsp3) is 0.357. The van der Waals surface area contributed by atoms with Gasteiger partial charge in [0, 0.05) is 12.1 Å². The highest BCUT2D eigenvalue weighted by molar-refractivity contribution is 5.95. The summed E-state index contributed by atoms with van der Waals surface area (Å²) in [6.07, 6.45) is 4.04. The smallest absolute Gasteiger partial charge is 0.251 e. The van der Waals surface area contributed by atoms with E-state index in [1.165, 1.54) is 6.33 Å². The van der Waals surface area contributed by atoms with Crippen LogP contribution in [0.5, 0.6) is 0 Å². The van der Waals surface area contributed by atoms with Crippen molar-refractivity contribution in [2.75, 3.05) is 20.1 Å². The van der Waals surface area contributed by atoms with E-state index < -0.39 is 0 Å². The van der Waals surface area contributed by atoms with Gasteiger partial charge in [0.25, 0.3) is 5.91 Å². The Balaban J connectivity index is 0.00000220. The number of nitrogens with one attached hydrogen (secondary N) is 2. The number of amides is 1. The molecule has 0 bridgehead atoms. The topological polar surface area (TPSA) is 71.8 Å². The SMILES string of the molecule is CNCCCNC(=O)c1ccccc1Cn1cncn1.Cl. The molecule has 1 aromatic carbocycles. The first-order chi connectivity index (χ1) is 9.81. The van der Waals surface area contributed by atoms with Crippen LogP contribution in [0.4, 0.5) is 0 Å². The summed E-state index contributed by atoms with van der Waals surface area (Å²) in [6.45, 7) is 2.10. The number of hydrogen-bond acceptors (Lipinski definition) is 4. The van der Waals surface area contributed by atoms with E-state index in [2.05, 4.69) is 20.7 Å².